The summed E-state index contributed by atoms with van der Waals surface area (Å²) in [5.41, 5.74) is 1.98. The number of methoxy groups -OCH3 is 1. The van der Waals surface area contributed by atoms with Crippen molar-refractivity contribution in [3.63, 3.8) is 0 Å². The number of anilines is 1. The molecule has 0 spiro atoms. The molecule has 2 heterocycles. The van der Waals surface area contributed by atoms with Crippen LogP contribution in [0.5, 0.6) is 0 Å². The number of hydrogen-bond acceptors (Lipinski definition) is 6. The van der Waals surface area contributed by atoms with Gasteiger partial charge in [0.15, 0.2) is 5.78 Å². The monoisotopic (exact) mass is 458 g/mol. The summed E-state index contributed by atoms with van der Waals surface area (Å²) in [4.78, 5) is 50.8. The van der Waals surface area contributed by atoms with Crippen LogP contribution in [0.2, 0.25) is 0 Å². The van der Waals surface area contributed by atoms with Gasteiger partial charge in [-0.2, -0.15) is 0 Å². The average Bonchev–Trinajstić information content (AvgIpc) is 3.38. The predicted molar refractivity (Wildman–Crippen MR) is 123 cm³/mol. The molecule has 0 radical (unpaired) electrons. The standard InChI is InChI=1S/C24H34N4O5/c1-14(2)10-19(28-24(32)20-11-15-6-4-5-7-17(15)26-20)23(31)27-18(21(29)13-33-3)12-16-8-9-25-22(16)30/h4-7,14,16,18-20,26H,8-13H2,1-3H3,(H,25,30)(H,27,31)(H,28,32)/t16-,18-,19-,20?/m0/s1. The van der Waals surface area contributed by atoms with E-state index < -0.39 is 24.0 Å². The number of benzene rings is 1. The average molecular weight is 459 g/mol. The fourth-order valence-corrected chi connectivity index (χ4v) is 4.37. The van der Waals surface area contributed by atoms with Crippen molar-refractivity contribution < 1.29 is 23.9 Å². The molecule has 180 valence electrons. The van der Waals surface area contributed by atoms with E-state index in [1.54, 1.807) is 0 Å². The normalized spacial score (nSPS) is 21.0. The highest BCUT2D eigenvalue weighted by atomic mass is 16.5. The first-order valence-corrected chi connectivity index (χ1v) is 11.5. The molecule has 0 saturated carbocycles. The van der Waals surface area contributed by atoms with Gasteiger partial charge in [0.25, 0.3) is 0 Å². The van der Waals surface area contributed by atoms with Gasteiger partial charge in [0, 0.05) is 31.7 Å². The molecule has 1 unspecified atom stereocenters. The van der Waals surface area contributed by atoms with Gasteiger partial charge in [0.1, 0.15) is 18.7 Å². The first kappa shape index (κ1) is 24.7. The molecule has 1 saturated heterocycles. The van der Waals surface area contributed by atoms with E-state index in [0.29, 0.717) is 25.8 Å². The van der Waals surface area contributed by atoms with Crippen molar-refractivity contribution >= 4 is 29.2 Å². The zero-order chi connectivity index (χ0) is 24.0. The Morgan fingerprint density at radius 3 is 2.55 bits per heavy atom. The Morgan fingerprint density at radius 1 is 1.15 bits per heavy atom. The minimum atomic E-state index is -0.855. The lowest BCUT2D eigenvalue weighted by Gasteiger charge is -2.26. The number of para-hydroxylation sites is 1. The lowest BCUT2D eigenvalue weighted by molar-refractivity contribution is -0.133. The van der Waals surface area contributed by atoms with Crippen LogP contribution < -0.4 is 21.3 Å². The van der Waals surface area contributed by atoms with Crippen molar-refractivity contribution in [2.75, 3.05) is 25.6 Å². The molecule has 4 N–H and O–H groups in total. The highest BCUT2D eigenvalue weighted by molar-refractivity contribution is 5.95. The van der Waals surface area contributed by atoms with Crippen LogP contribution in [-0.2, 0) is 30.3 Å². The maximum Gasteiger partial charge on any atom is 0.243 e. The summed E-state index contributed by atoms with van der Waals surface area (Å²) in [6, 6.07) is 5.62. The van der Waals surface area contributed by atoms with E-state index in [1.807, 2.05) is 38.1 Å². The summed E-state index contributed by atoms with van der Waals surface area (Å²) in [7, 11) is 1.41. The molecule has 9 nitrogen and oxygen atoms in total. The van der Waals surface area contributed by atoms with Gasteiger partial charge in [-0.3, -0.25) is 19.2 Å². The number of hydrogen-bond donors (Lipinski definition) is 4. The summed E-state index contributed by atoms with van der Waals surface area (Å²) in [5, 5.41) is 11.6. The minimum absolute atomic E-state index is 0.113. The molecular formula is C24H34N4O5. The SMILES string of the molecule is COCC(=O)[C@H](C[C@@H]1CCNC1=O)NC(=O)[C@H](CC(C)C)NC(=O)C1Cc2ccccc2N1. The summed E-state index contributed by atoms with van der Waals surface area (Å²) in [5.74, 6) is -1.30. The topological polar surface area (TPSA) is 126 Å². The summed E-state index contributed by atoms with van der Waals surface area (Å²) >= 11 is 0. The lowest BCUT2D eigenvalue weighted by Crippen LogP contribution is -2.55. The quantitative estimate of drug-likeness (QED) is 0.388. The van der Waals surface area contributed by atoms with Crippen molar-refractivity contribution in [3.05, 3.63) is 29.8 Å². The maximum absolute atomic E-state index is 13.2. The summed E-state index contributed by atoms with van der Waals surface area (Å²) in [6.45, 7) is 4.33. The molecule has 1 aromatic carbocycles. The van der Waals surface area contributed by atoms with Crippen LogP contribution in [0.1, 0.15) is 38.7 Å². The van der Waals surface area contributed by atoms with Crippen molar-refractivity contribution in [3.8, 4) is 0 Å². The minimum Gasteiger partial charge on any atom is -0.377 e. The molecule has 2 aliphatic heterocycles. The van der Waals surface area contributed by atoms with Crippen molar-refractivity contribution in [1.82, 2.24) is 16.0 Å². The van der Waals surface area contributed by atoms with Gasteiger partial charge in [-0.1, -0.05) is 32.0 Å². The number of carbonyl (C=O) groups is 4. The molecule has 0 bridgehead atoms. The van der Waals surface area contributed by atoms with Gasteiger partial charge < -0.3 is 26.0 Å². The first-order valence-electron chi connectivity index (χ1n) is 11.5. The third-order valence-electron chi connectivity index (χ3n) is 6.10. The molecule has 3 amide bonds. The molecular weight excluding hydrogens is 424 g/mol. The van der Waals surface area contributed by atoms with Crippen LogP contribution in [0.25, 0.3) is 0 Å². The smallest absolute Gasteiger partial charge is 0.243 e. The van der Waals surface area contributed by atoms with E-state index in [0.717, 1.165) is 11.3 Å². The molecule has 0 aromatic heterocycles. The molecule has 33 heavy (non-hydrogen) atoms. The van der Waals surface area contributed by atoms with Crippen LogP contribution in [0.4, 0.5) is 5.69 Å². The molecule has 1 aromatic rings. The number of rotatable bonds is 11. The number of Topliss-reactive ketones (excluding diaryl/α,β-unsaturated/α-hetero) is 1. The maximum atomic E-state index is 13.2. The largest absolute Gasteiger partial charge is 0.377 e. The van der Waals surface area contributed by atoms with Gasteiger partial charge in [0.2, 0.25) is 17.7 Å². The van der Waals surface area contributed by atoms with Gasteiger partial charge >= 0.3 is 0 Å². The Kier molecular flexibility index (Phi) is 8.43. The molecule has 4 atom stereocenters. The number of amides is 3. The zero-order valence-electron chi connectivity index (χ0n) is 19.5. The Bertz CT molecular complexity index is 862. The van der Waals surface area contributed by atoms with Gasteiger partial charge in [-0.05, 0) is 36.8 Å². The molecule has 0 aliphatic carbocycles. The van der Waals surface area contributed by atoms with Crippen LogP contribution >= 0.6 is 0 Å². The first-order chi connectivity index (χ1) is 15.8. The van der Waals surface area contributed by atoms with Crippen LogP contribution in [0, 0.1) is 11.8 Å². The van der Waals surface area contributed by atoms with Crippen LogP contribution in [0.15, 0.2) is 24.3 Å². The molecule has 9 heteroatoms. The molecule has 1 fully saturated rings. The van der Waals surface area contributed by atoms with E-state index in [2.05, 4.69) is 21.3 Å². The highest BCUT2D eigenvalue weighted by Gasteiger charge is 2.34. The van der Waals surface area contributed by atoms with Crippen molar-refractivity contribution in [2.45, 2.75) is 57.7 Å². The third-order valence-corrected chi connectivity index (χ3v) is 6.10. The third kappa shape index (κ3) is 6.54. The Morgan fingerprint density at radius 2 is 1.91 bits per heavy atom. The van der Waals surface area contributed by atoms with Crippen molar-refractivity contribution in [1.29, 1.82) is 0 Å². The number of carbonyl (C=O) groups excluding carboxylic acids is 4. The lowest BCUT2D eigenvalue weighted by atomic mass is 9.95. The second-order valence-corrected chi connectivity index (χ2v) is 9.22. The van der Waals surface area contributed by atoms with E-state index in [9.17, 15) is 19.2 Å². The number of ether oxygens (including phenoxy) is 1. The summed E-state index contributed by atoms with van der Waals surface area (Å²) in [6.07, 6.45) is 1.79. The fourth-order valence-electron chi connectivity index (χ4n) is 4.37. The highest BCUT2D eigenvalue weighted by Crippen LogP contribution is 2.25. The number of nitrogens with one attached hydrogen (secondary N) is 4. The van der Waals surface area contributed by atoms with Gasteiger partial charge in [0.05, 0.1) is 6.04 Å². The Labute approximate surface area is 194 Å². The van der Waals surface area contributed by atoms with Crippen LogP contribution in [-0.4, -0.2) is 61.9 Å². The molecule has 2 aliphatic rings. The van der Waals surface area contributed by atoms with Gasteiger partial charge in [-0.25, -0.2) is 0 Å². The Balaban J connectivity index is 1.66. The Hall–Kier alpha value is -2.94. The second kappa shape index (κ2) is 11.3. The summed E-state index contributed by atoms with van der Waals surface area (Å²) < 4.78 is 4.97. The van der Waals surface area contributed by atoms with Crippen molar-refractivity contribution in [2.24, 2.45) is 11.8 Å². The van der Waals surface area contributed by atoms with E-state index in [4.69, 9.17) is 4.74 Å². The number of ketones is 1. The van der Waals surface area contributed by atoms with E-state index in [1.165, 1.54) is 7.11 Å². The molecule has 3 rings (SSSR count). The zero-order valence-corrected chi connectivity index (χ0v) is 19.5. The van der Waals surface area contributed by atoms with E-state index >= 15 is 0 Å². The van der Waals surface area contributed by atoms with Gasteiger partial charge in [-0.15, -0.1) is 0 Å². The fraction of sp³-hybridized carbons (Fsp3) is 0.583. The van der Waals surface area contributed by atoms with Crippen LogP contribution in [0.3, 0.4) is 0 Å². The predicted octanol–water partition coefficient (Wildman–Crippen LogP) is 0.781. The number of fused-ring (bicyclic) bond motifs is 1. The second-order valence-electron chi connectivity index (χ2n) is 9.22. The van der Waals surface area contributed by atoms with E-state index in [-0.39, 0.29) is 42.5 Å².